The molecule has 0 radical (unpaired) electrons. The van der Waals surface area contributed by atoms with Crippen LogP contribution in [0, 0.1) is 20.8 Å². The molecule has 60 heavy (non-hydrogen) atoms. The standard InChI is InChI=1S/C51H51N3O6/c1-31(19-43-16-13-40-10-7-34(4)52-46(40)49(43)55)25-58-28-37-22-38(29-59-26-32(2)20-44-17-14-41-11-8-35(5)53-47(41)50(44)56)24-39(23-37)30-60-27-33(3)21-45-18-15-42-12-9-36(6)54-48(42)51(45)57/h7-18,22-24,55-57H,1-3,19-21,25-30H2,4-6H3. The van der Waals surface area contributed by atoms with Gasteiger partial charge < -0.3 is 29.5 Å². The number of phenolic OH excluding ortho intramolecular Hbond substituents is 3. The Balaban J connectivity index is 0.981. The van der Waals surface area contributed by atoms with E-state index < -0.39 is 0 Å². The van der Waals surface area contributed by atoms with Crippen LogP contribution in [-0.2, 0) is 53.3 Å². The minimum atomic E-state index is 0.169. The topological polar surface area (TPSA) is 127 Å². The van der Waals surface area contributed by atoms with E-state index in [1.807, 2.05) is 93.6 Å². The fourth-order valence-corrected chi connectivity index (χ4v) is 7.36. The van der Waals surface area contributed by atoms with E-state index in [0.29, 0.717) is 75.5 Å². The van der Waals surface area contributed by atoms with Crippen LogP contribution in [0.1, 0.15) is 50.5 Å². The summed E-state index contributed by atoms with van der Waals surface area (Å²) in [5, 5.41) is 35.5. The van der Waals surface area contributed by atoms with E-state index in [2.05, 4.69) is 52.9 Å². The summed E-state index contributed by atoms with van der Waals surface area (Å²) in [6.07, 6.45) is 1.37. The lowest BCUT2D eigenvalue weighted by Gasteiger charge is -2.14. The number of benzene rings is 4. The van der Waals surface area contributed by atoms with Gasteiger partial charge in [0.1, 0.15) is 33.8 Å². The van der Waals surface area contributed by atoms with Gasteiger partial charge >= 0.3 is 0 Å². The highest BCUT2D eigenvalue weighted by Crippen LogP contribution is 2.32. The van der Waals surface area contributed by atoms with E-state index in [1.165, 1.54) is 0 Å². The predicted octanol–water partition coefficient (Wildman–Crippen LogP) is 10.3. The summed E-state index contributed by atoms with van der Waals surface area (Å²) in [4.78, 5) is 13.6. The molecule has 7 aromatic rings. The molecule has 0 spiro atoms. The average Bonchev–Trinajstić information content (AvgIpc) is 3.21. The number of aromatic hydroxyl groups is 3. The second-order valence-corrected chi connectivity index (χ2v) is 15.7. The molecule has 0 aliphatic carbocycles. The van der Waals surface area contributed by atoms with Crippen LogP contribution >= 0.6 is 0 Å². The maximum Gasteiger partial charge on any atom is 0.145 e. The molecule has 7 rings (SSSR count). The number of ether oxygens (including phenoxy) is 3. The summed E-state index contributed by atoms with van der Waals surface area (Å²) in [5.74, 6) is 0.507. The molecule has 0 aliphatic rings. The number of pyridine rings is 3. The molecule has 9 heteroatoms. The third-order valence-electron chi connectivity index (χ3n) is 10.3. The quantitative estimate of drug-likeness (QED) is 0.0727. The zero-order valence-electron chi connectivity index (χ0n) is 34.6. The third kappa shape index (κ3) is 10.2. The molecular weight excluding hydrogens is 751 g/mol. The zero-order valence-corrected chi connectivity index (χ0v) is 34.6. The van der Waals surface area contributed by atoms with Gasteiger partial charge in [0.05, 0.1) is 39.6 Å². The van der Waals surface area contributed by atoms with Crippen LogP contribution in [0.25, 0.3) is 32.7 Å². The maximum absolute atomic E-state index is 11.0. The first-order valence-corrected chi connectivity index (χ1v) is 20.0. The second-order valence-electron chi connectivity index (χ2n) is 15.7. The first kappa shape index (κ1) is 41.8. The summed E-state index contributed by atoms with van der Waals surface area (Å²) in [6.45, 7) is 20.3. The molecule has 3 heterocycles. The lowest BCUT2D eigenvalue weighted by atomic mass is 10.0. The first-order valence-electron chi connectivity index (χ1n) is 20.0. The molecule has 3 aromatic heterocycles. The summed E-state index contributed by atoms with van der Waals surface area (Å²) in [6, 6.07) is 29.4. The number of phenols is 3. The van der Waals surface area contributed by atoms with Crippen molar-refractivity contribution >= 4 is 32.7 Å². The Labute approximate surface area is 351 Å². The van der Waals surface area contributed by atoms with Crippen LogP contribution in [0.3, 0.4) is 0 Å². The highest BCUT2D eigenvalue weighted by Gasteiger charge is 2.14. The van der Waals surface area contributed by atoms with Gasteiger partial charge in [-0.1, -0.05) is 92.5 Å². The first-order chi connectivity index (χ1) is 28.9. The van der Waals surface area contributed by atoms with Gasteiger partial charge in [-0.05, 0) is 91.6 Å². The minimum Gasteiger partial charge on any atom is -0.505 e. The van der Waals surface area contributed by atoms with Crippen molar-refractivity contribution in [2.24, 2.45) is 0 Å². The highest BCUT2D eigenvalue weighted by atomic mass is 16.5. The van der Waals surface area contributed by atoms with Crippen molar-refractivity contribution in [3.63, 3.8) is 0 Å². The van der Waals surface area contributed by atoms with Crippen LogP contribution in [0.2, 0.25) is 0 Å². The number of fused-ring (bicyclic) bond motifs is 3. The average molecular weight is 802 g/mol. The van der Waals surface area contributed by atoms with Crippen LogP contribution < -0.4 is 0 Å². The summed E-state index contributed by atoms with van der Waals surface area (Å²) < 4.78 is 18.5. The SMILES string of the molecule is C=C(COCc1cc(COCC(=C)Cc2ccc3ccc(C)nc3c2O)cc(COCC(=C)Cc2ccc3ccc(C)nc3c2O)c1)Cc1ccc2ccc(C)nc2c1O. The maximum atomic E-state index is 11.0. The zero-order chi connectivity index (χ0) is 42.3. The van der Waals surface area contributed by atoms with Crippen molar-refractivity contribution < 1.29 is 29.5 Å². The molecule has 0 saturated heterocycles. The Kier molecular flexibility index (Phi) is 13.0. The predicted molar refractivity (Wildman–Crippen MR) is 238 cm³/mol. The Morgan fingerprint density at radius 1 is 0.433 bits per heavy atom. The number of hydrogen-bond donors (Lipinski definition) is 3. The highest BCUT2D eigenvalue weighted by molar-refractivity contribution is 5.87. The molecule has 0 unspecified atom stereocenters. The van der Waals surface area contributed by atoms with Crippen molar-refractivity contribution in [1.82, 2.24) is 15.0 Å². The molecule has 0 amide bonds. The Bertz CT molecular complexity index is 2450. The Hall–Kier alpha value is -6.39. The van der Waals surface area contributed by atoms with Gasteiger partial charge in [0.15, 0.2) is 0 Å². The summed E-state index contributed by atoms with van der Waals surface area (Å²) >= 11 is 0. The van der Waals surface area contributed by atoms with Gasteiger partial charge in [-0.3, -0.25) is 0 Å². The molecule has 0 saturated carbocycles. The fraction of sp³-hybridized carbons (Fsp3) is 0.235. The lowest BCUT2D eigenvalue weighted by molar-refractivity contribution is 0.133. The van der Waals surface area contributed by atoms with Crippen LogP contribution in [0.15, 0.2) is 127 Å². The van der Waals surface area contributed by atoms with Crippen molar-refractivity contribution in [2.75, 3.05) is 19.8 Å². The van der Waals surface area contributed by atoms with E-state index in [-0.39, 0.29) is 17.2 Å². The largest absolute Gasteiger partial charge is 0.505 e. The normalized spacial score (nSPS) is 11.4. The van der Waals surface area contributed by atoms with Gasteiger partial charge in [-0.2, -0.15) is 0 Å². The lowest BCUT2D eigenvalue weighted by Crippen LogP contribution is -2.06. The van der Waals surface area contributed by atoms with Gasteiger partial charge in [0, 0.05) is 49.9 Å². The molecule has 306 valence electrons. The third-order valence-corrected chi connectivity index (χ3v) is 10.3. The Morgan fingerprint density at radius 2 is 0.700 bits per heavy atom. The second kappa shape index (κ2) is 18.7. The number of rotatable bonds is 18. The monoisotopic (exact) mass is 801 g/mol. The molecule has 9 nitrogen and oxygen atoms in total. The van der Waals surface area contributed by atoms with Gasteiger partial charge in [0.25, 0.3) is 0 Å². The van der Waals surface area contributed by atoms with Crippen molar-refractivity contribution in [2.45, 2.75) is 59.9 Å². The van der Waals surface area contributed by atoms with Gasteiger partial charge in [-0.25, -0.2) is 15.0 Å². The summed E-state index contributed by atoms with van der Waals surface area (Å²) in [7, 11) is 0. The molecule has 0 bridgehead atoms. The van der Waals surface area contributed by atoms with Crippen molar-refractivity contribution in [3.05, 3.63) is 178 Å². The molecule has 4 aromatic carbocycles. The van der Waals surface area contributed by atoms with E-state index >= 15 is 0 Å². The van der Waals surface area contributed by atoms with E-state index in [1.54, 1.807) is 0 Å². The van der Waals surface area contributed by atoms with E-state index in [9.17, 15) is 15.3 Å². The summed E-state index contributed by atoms with van der Waals surface area (Å²) in [5.41, 5.74) is 11.8. The van der Waals surface area contributed by atoms with Crippen LogP contribution in [0.5, 0.6) is 17.2 Å². The number of aromatic nitrogens is 3. The minimum absolute atomic E-state index is 0.169. The number of aryl methyl sites for hydroxylation is 3. The smallest absolute Gasteiger partial charge is 0.145 e. The molecular formula is C51H51N3O6. The molecule has 0 fully saturated rings. The molecule has 0 aliphatic heterocycles. The van der Waals surface area contributed by atoms with Crippen LogP contribution in [-0.4, -0.2) is 50.1 Å². The fourth-order valence-electron chi connectivity index (χ4n) is 7.36. The molecule has 3 N–H and O–H groups in total. The van der Waals surface area contributed by atoms with Gasteiger partial charge in [-0.15, -0.1) is 0 Å². The van der Waals surface area contributed by atoms with Crippen molar-refractivity contribution in [3.8, 4) is 17.2 Å². The van der Waals surface area contributed by atoms with E-state index in [0.717, 1.165) is 83.3 Å². The number of nitrogens with zero attached hydrogens (tertiary/aromatic N) is 3. The van der Waals surface area contributed by atoms with E-state index in [4.69, 9.17) is 14.2 Å². The van der Waals surface area contributed by atoms with Crippen molar-refractivity contribution in [1.29, 1.82) is 0 Å². The Morgan fingerprint density at radius 3 is 0.983 bits per heavy atom. The molecule has 0 atom stereocenters. The number of hydrogen-bond acceptors (Lipinski definition) is 9. The van der Waals surface area contributed by atoms with Gasteiger partial charge in [0.2, 0.25) is 0 Å². The van der Waals surface area contributed by atoms with Crippen LogP contribution in [0.4, 0.5) is 0 Å².